The van der Waals surface area contributed by atoms with Gasteiger partial charge >= 0.3 is 6.03 Å². The van der Waals surface area contributed by atoms with Gasteiger partial charge in [-0.2, -0.15) is 0 Å². The van der Waals surface area contributed by atoms with Crippen molar-refractivity contribution in [3.63, 3.8) is 0 Å². The highest BCUT2D eigenvalue weighted by atomic mass is 16.5. The number of imidazole rings is 1. The fraction of sp³-hybridized carbons (Fsp3) is 0.385. The maximum Gasteiger partial charge on any atom is 0.314 e. The molecule has 0 saturated heterocycles. The van der Waals surface area contributed by atoms with Gasteiger partial charge in [0.1, 0.15) is 17.9 Å². The number of hydrogen-bond donors (Lipinski definition) is 3. The van der Waals surface area contributed by atoms with E-state index in [0.29, 0.717) is 37.6 Å². The standard InChI is InChI=1S/C26H33N7O2/c1-3-11-29-26(34)30-13-5-6-14-33-22(17-35-4-2)32-23-24(33)20-10-9-18(15-21(20)31-25(23)27)19-8-7-12-28-16-19/h7-10,12,15-16H,3-6,11,13-14,17H2,1-2H3,(H2,27,31)(H2,29,30,34). The summed E-state index contributed by atoms with van der Waals surface area (Å²) in [6.45, 7) is 7.02. The number of unbranched alkanes of at least 4 members (excludes halogenated alkanes) is 1. The number of fused-ring (bicyclic) bond motifs is 3. The average molecular weight is 476 g/mol. The lowest BCUT2D eigenvalue weighted by molar-refractivity contribution is 0.126. The number of aryl methyl sites for hydroxylation is 1. The van der Waals surface area contributed by atoms with Crippen molar-refractivity contribution in [1.29, 1.82) is 0 Å². The topological polar surface area (TPSA) is 120 Å². The van der Waals surface area contributed by atoms with Crippen LogP contribution in [0.5, 0.6) is 0 Å². The number of ether oxygens (including phenoxy) is 1. The maximum absolute atomic E-state index is 11.8. The third-order valence-electron chi connectivity index (χ3n) is 5.84. The summed E-state index contributed by atoms with van der Waals surface area (Å²) in [4.78, 5) is 25.5. The summed E-state index contributed by atoms with van der Waals surface area (Å²) in [6.07, 6.45) is 6.23. The van der Waals surface area contributed by atoms with Gasteiger partial charge in [0.15, 0.2) is 5.82 Å². The summed E-state index contributed by atoms with van der Waals surface area (Å²) >= 11 is 0. The first kappa shape index (κ1) is 24.4. The second-order valence-electron chi connectivity index (χ2n) is 8.37. The van der Waals surface area contributed by atoms with Gasteiger partial charge in [0, 0.05) is 49.6 Å². The molecule has 4 aromatic rings. The Morgan fingerprint density at radius 2 is 1.94 bits per heavy atom. The van der Waals surface area contributed by atoms with Crippen molar-refractivity contribution in [1.82, 2.24) is 30.2 Å². The smallest absolute Gasteiger partial charge is 0.314 e. The van der Waals surface area contributed by atoms with Crippen LogP contribution in [0.4, 0.5) is 10.6 Å². The molecule has 0 aliphatic carbocycles. The summed E-state index contributed by atoms with van der Waals surface area (Å²) in [5.41, 5.74) is 10.9. The molecular weight excluding hydrogens is 442 g/mol. The molecule has 0 fully saturated rings. The van der Waals surface area contributed by atoms with Crippen LogP contribution in [-0.2, 0) is 17.9 Å². The molecule has 0 unspecified atom stereocenters. The monoisotopic (exact) mass is 475 g/mol. The summed E-state index contributed by atoms with van der Waals surface area (Å²) < 4.78 is 7.89. The first-order chi connectivity index (χ1) is 17.1. The van der Waals surface area contributed by atoms with Crippen molar-refractivity contribution in [2.24, 2.45) is 0 Å². The number of benzene rings is 1. The molecule has 3 heterocycles. The Bertz CT molecular complexity index is 1290. The number of nitrogens with one attached hydrogen (secondary N) is 2. The summed E-state index contributed by atoms with van der Waals surface area (Å²) in [5, 5.41) is 6.73. The molecule has 0 radical (unpaired) electrons. The average Bonchev–Trinajstić information content (AvgIpc) is 3.25. The van der Waals surface area contributed by atoms with E-state index >= 15 is 0 Å². The predicted molar refractivity (Wildman–Crippen MR) is 139 cm³/mol. The molecule has 35 heavy (non-hydrogen) atoms. The van der Waals surface area contributed by atoms with Gasteiger partial charge in [0.05, 0.1) is 11.0 Å². The molecule has 0 bridgehead atoms. The molecule has 2 amide bonds. The molecule has 9 nitrogen and oxygen atoms in total. The minimum Gasteiger partial charge on any atom is -0.382 e. The van der Waals surface area contributed by atoms with Gasteiger partial charge in [-0.1, -0.05) is 25.1 Å². The van der Waals surface area contributed by atoms with Crippen LogP contribution < -0.4 is 16.4 Å². The molecule has 184 valence electrons. The number of hydrogen-bond acceptors (Lipinski definition) is 6. The van der Waals surface area contributed by atoms with Crippen molar-refractivity contribution >= 4 is 33.8 Å². The van der Waals surface area contributed by atoms with E-state index in [1.54, 1.807) is 6.20 Å². The van der Waals surface area contributed by atoms with Gasteiger partial charge in [-0.05, 0) is 43.9 Å². The predicted octanol–water partition coefficient (Wildman–Crippen LogP) is 4.25. The van der Waals surface area contributed by atoms with Gasteiger partial charge in [0.25, 0.3) is 0 Å². The van der Waals surface area contributed by atoms with E-state index in [2.05, 4.69) is 37.3 Å². The zero-order chi connectivity index (χ0) is 24.6. The SMILES string of the molecule is CCCNC(=O)NCCCCn1c(COCC)nc2c(N)nc3cc(-c4cccnc4)ccc3c21. The fourth-order valence-electron chi connectivity index (χ4n) is 4.11. The normalized spacial score (nSPS) is 11.3. The lowest BCUT2D eigenvalue weighted by Gasteiger charge is -2.12. The number of aromatic nitrogens is 4. The van der Waals surface area contributed by atoms with Crippen molar-refractivity contribution in [3.05, 3.63) is 48.5 Å². The van der Waals surface area contributed by atoms with Crippen LogP contribution in [0.25, 0.3) is 33.1 Å². The van der Waals surface area contributed by atoms with E-state index in [0.717, 1.165) is 59.2 Å². The first-order valence-electron chi connectivity index (χ1n) is 12.2. The van der Waals surface area contributed by atoms with Crippen LogP contribution in [0.2, 0.25) is 0 Å². The number of carbonyl (C=O) groups is 1. The largest absolute Gasteiger partial charge is 0.382 e. The highest BCUT2D eigenvalue weighted by Gasteiger charge is 2.18. The molecule has 9 heteroatoms. The molecule has 0 atom stereocenters. The van der Waals surface area contributed by atoms with Gasteiger partial charge in [-0.25, -0.2) is 14.8 Å². The minimum absolute atomic E-state index is 0.119. The Balaban J connectivity index is 1.62. The molecule has 0 spiro atoms. The van der Waals surface area contributed by atoms with E-state index in [1.165, 1.54) is 0 Å². The molecule has 1 aromatic carbocycles. The number of carbonyl (C=O) groups excluding carboxylic acids is 1. The van der Waals surface area contributed by atoms with Crippen LogP contribution in [-0.4, -0.2) is 45.2 Å². The maximum atomic E-state index is 11.8. The Labute approximate surface area is 205 Å². The van der Waals surface area contributed by atoms with Gasteiger partial charge < -0.3 is 25.7 Å². The molecule has 4 rings (SSSR count). The Kier molecular flexibility index (Phi) is 8.10. The highest BCUT2D eigenvalue weighted by molar-refractivity contribution is 6.07. The number of rotatable bonds is 11. The zero-order valence-corrected chi connectivity index (χ0v) is 20.4. The number of anilines is 1. The first-order valence-corrected chi connectivity index (χ1v) is 12.2. The number of pyridine rings is 2. The molecule has 0 aliphatic heterocycles. The quantitative estimate of drug-likeness (QED) is 0.279. The van der Waals surface area contributed by atoms with Crippen LogP contribution in [0.3, 0.4) is 0 Å². The van der Waals surface area contributed by atoms with Crippen molar-refractivity contribution in [2.45, 2.75) is 46.3 Å². The Hall–Kier alpha value is -3.72. The van der Waals surface area contributed by atoms with Crippen LogP contribution in [0.1, 0.15) is 38.9 Å². The third kappa shape index (κ3) is 5.68. The Morgan fingerprint density at radius 3 is 2.71 bits per heavy atom. The van der Waals surface area contributed by atoms with Crippen molar-refractivity contribution in [3.8, 4) is 11.1 Å². The summed E-state index contributed by atoms with van der Waals surface area (Å²) in [5.74, 6) is 1.23. The second kappa shape index (κ2) is 11.6. The molecular formula is C26H33N7O2. The number of nitrogen functional groups attached to an aromatic ring is 1. The lowest BCUT2D eigenvalue weighted by atomic mass is 10.0. The number of nitrogens with zero attached hydrogens (tertiary/aromatic N) is 4. The number of urea groups is 1. The highest BCUT2D eigenvalue weighted by Crippen LogP contribution is 2.32. The van der Waals surface area contributed by atoms with E-state index < -0.39 is 0 Å². The Morgan fingerprint density at radius 1 is 1.09 bits per heavy atom. The molecule has 4 N–H and O–H groups in total. The zero-order valence-electron chi connectivity index (χ0n) is 20.4. The van der Waals surface area contributed by atoms with Crippen LogP contribution >= 0.6 is 0 Å². The second-order valence-corrected chi connectivity index (χ2v) is 8.37. The van der Waals surface area contributed by atoms with Crippen molar-refractivity contribution < 1.29 is 9.53 Å². The van der Waals surface area contributed by atoms with E-state index in [-0.39, 0.29) is 6.03 Å². The van der Waals surface area contributed by atoms with Gasteiger partial charge in [-0.3, -0.25) is 4.98 Å². The molecule has 3 aromatic heterocycles. The third-order valence-corrected chi connectivity index (χ3v) is 5.84. The lowest BCUT2D eigenvalue weighted by Crippen LogP contribution is -2.36. The molecule has 0 saturated carbocycles. The minimum atomic E-state index is -0.119. The molecule has 0 aliphatic rings. The van der Waals surface area contributed by atoms with E-state index in [1.807, 2.05) is 38.2 Å². The van der Waals surface area contributed by atoms with Gasteiger partial charge in [-0.15, -0.1) is 0 Å². The number of nitrogens with two attached hydrogens (primary N) is 1. The van der Waals surface area contributed by atoms with Crippen molar-refractivity contribution in [2.75, 3.05) is 25.4 Å². The van der Waals surface area contributed by atoms with Gasteiger partial charge in [0.2, 0.25) is 0 Å². The van der Waals surface area contributed by atoms with Crippen LogP contribution in [0.15, 0.2) is 42.7 Å². The van der Waals surface area contributed by atoms with Crippen LogP contribution in [0, 0.1) is 0 Å². The summed E-state index contributed by atoms with van der Waals surface area (Å²) in [7, 11) is 0. The fourth-order valence-corrected chi connectivity index (χ4v) is 4.11. The van der Waals surface area contributed by atoms with E-state index in [9.17, 15) is 4.79 Å². The van der Waals surface area contributed by atoms with E-state index in [4.69, 9.17) is 15.5 Å². The summed E-state index contributed by atoms with van der Waals surface area (Å²) in [6, 6.07) is 10.0. The number of amides is 2.